The Morgan fingerprint density at radius 1 is 1.40 bits per heavy atom. The summed E-state index contributed by atoms with van der Waals surface area (Å²) in [6.45, 7) is 0. The molecule has 2 nitrogen and oxygen atoms in total. The van der Waals surface area contributed by atoms with Gasteiger partial charge in [0.25, 0.3) is 0 Å². The predicted molar refractivity (Wildman–Crippen MR) is 61.6 cm³/mol. The van der Waals surface area contributed by atoms with Gasteiger partial charge in [-0.1, -0.05) is 18.2 Å². The molecule has 0 spiro atoms. The minimum absolute atomic E-state index is 0.328. The van der Waals surface area contributed by atoms with E-state index >= 15 is 0 Å². The molecule has 1 rings (SSSR count). The van der Waals surface area contributed by atoms with Crippen LogP contribution in [0.4, 0.5) is 0 Å². The zero-order chi connectivity index (χ0) is 11.3. The maximum atomic E-state index is 11.4. The number of hydrogen-bond acceptors (Lipinski definition) is 2. The van der Waals surface area contributed by atoms with Gasteiger partial charge in [-0.05, 0) is 24.5 Å². The van der Waals surface area contributed by atoms with Crippen molar-refractivity contribution in [3.05, 3.63) is 35.4 Å². The van der Waals surface area contributed by atoms with E-state index in [1.807, 2.05) is 12.1 Å². The Morgan fingerprint density at radius 3 is 2.67 bits per heavy atom. The first-order chi connectivity index (χ1) is 7.15. The van der Waals surface area contributed by atoms with Crippen LogP contribution in [0.15, 0.2) is 24.3 Å². The van der Waals surface area contributed by atoms with Crippen LogP contribution in [-0.2, 0) is 11.2 Å². The lowest BCUT2D eigenvalue weighted by Gasteiger charge is -2.07. The van der Waals surface area contributed by atoms with Crippen LogP contribution in [0, 0.1) is 0 Å². The molecule has 1 aromatic carbocycles. The monoisotopic (exact) mass is 246 g/mol. The number of carbonyl (C=O) groups is 1. The number of hydrogen-bond donors (Lipinski definition) is 0. The highest BCUT2D eigenvalue weighted by Gasteiger charge is 2.11. The van der Waals surface area contributed by atoms with Crippen molar-refractivity contribution in [2.45, 2.75) is 17.7 Å². The summed E-state index contributed by atoms with van der Waals surface area (Å²) in [7, 11) is 1.37. The lowest BCUT2D eigenvalue weighted by Crippen LogP contribution is -2.06. The molecule has 0 saturated carbocycles. The number of benzene rings is 1. The van der Waals surface area contributed by atoms with E-state index in [-0.39, 0.29) is 5.97 Å². The highest BCUT2D eigenvalue weighted by molar-refractivity contribution is 6.44. The first-order valence-electron chi connectivity index (χ1n) is 4.59. The minimum Gasteiger partial charge on any atom is -0.465 e. The second kappa shape index (κ2) is 5.99. The van der Waals surface area contributed by atoms with E-state index in [1.165, 1.54) is 7.11 Å². The standard InChI is InChI=1S/C11H12Cl2O2/c1-15-11(14)9-5-3-2-4-8(9)6-7-10(12)13/h2-5,10H,6-7H2,1H3. The van der Waals surface area contributed by atoms with Crippen LogP contribution in [0.5, 0.6) is 0 Å². The van der Waals surface area contributed by atoms with Gasteiger partial charge in [0.1, 0.15) is 4.84 Å². The molecule has 1 aromatic rings. The van der Waals surface area contributed by atoms with Crippen molar-refractivity contribution in [1.82, 2.24) is 0 Å². The van der Waals surface area contributed by atoms with E-state index in [2.05, 4.69) is 4.74 Å². The summed E-state index contributed by atoms with van der Waals surface area (Å²) >= 11 is 11.3. The van der Waals surface area contributed by atoms with Gasteiger partial charge >= 0.3 is 5.97 Å². The molecule has 0 fully saturated rings. The Bertz CT molecular complexity index is 337. The number of halogens is 2. The Balaban J connectivity index is 2.81. The maximum absolute atomic E-state index is 11.4. The molecule has 0 bridgehead atoms. The van der Waals surface area contributed by atoms with Gasteiger partial charge in [0.05, 0.1) is 12.7 Å². The lowest BCUT2D eigenvalue weighted by atomic mass is 10.0. The van der Waals surface area contributed by atoms with Crippen molar-refractivity contribution in [3.8, 4) is 0 Å². The van der Waals surface area contributed by atoms with Crippen LogP contribution in [0.1, 0.15) is 22.3 Å². The van der Waals surface area contributed by atoms with Crippen LogP contribution >= 0.6 is 23.2 Å². The summed E-state index contributed by atoms with van der Waals surface area (Å²) in [6.07, 6.45) is 1.29. The number of ether oxygens (including phenoxy) is 1. The normalized spacial score (nSPS) is 10.4. The van der Waals surface area contributed by atoms with Gasteiger partial charge in [0.15, 0.2) is 0 Å². The van der Waals surface area contributed by atoms with E-state index in [0.717, 1.165) is 5.56 Å². The zero-order valence-corrected chi connectivity index (χ0v) is 9.89. The number of alkyl halides is 2. The Morgan fingerprint density at radius 2 is 2.07 bits per heavy atom. The molecule has 0 aromatic heterocycles. The Hall–Kier alpha value is -0.730. The van der Waals surface area contributed by atoms with Gasteiger partial charge < -0.3 is 4.74 Å². The van der Waals surface area contributed by atoms with E-state index in [0.29, 0.717) is 18.4 Å². The topological polar surface area (TPSA) is 26.3 Å². The van der Waals surface area contributed by atoms with Gasteiger partial charge in [0, 0.05) is 0 Å². The molecule has 0 radical (unpaired) electrons. The Kier molecular flexibility index (Phi) is 4.92. The molecule has 0 atom stereocenters. The van der Waals surface area contributed by atoms with Gasteiger partial charge in [-0.3, -0.25) is 0 Å². The fraction of sp³-hybridized carbons (Fsp3) is 0.364. The van der Waals surface area contributed by atoms with E-state index in [4.69, 9.17) is 23.2 Å². The number of esters is 1. The number of rotatable bonds is 4. The fourth-order valence-corrected chi connectivity index (χ4v) is 1.53. The molecule has 0 unspecified atom stereocenters. The third-order valence-electron chi connectivity index (χ3n) is 2.05. The molecule has 82 valence electrons. The first kappa shape index (κ1) is 12.3. The molecule has 0 heterocycles. The van der Waals surface area contributed by atoms with Crippen LogP contribution in [0.2, 0.25) is 0 Å². The highest BCUT2D eigenvalue weighted by Crippen LogP contribution is 2.16. The third kappa shape index (κ3) is 3.73. The molecular weight excluding hydrogens is 235 g/mol. The largest absolute Gasteiger partial charge is 0.465 e. The molecule has 0 aliphatic carbocycles. The fourth-order valence-electron chi connectivity index (χ4n) is 1.31. The van der Waals surface area contributed by atoms with Crippen molar-refractivity contribution in [1.29, 1.82) is 0 Å². The average Bonchev–Trinajstić information content (AvgIpc) is 2.25. The molecule has 4 heteroatoms. The smallest absolute Gasteiger partial charge is 0.338 e. The van der Waals surface area contributed by atoms with Gasteiger partial charge in [-0.25, -0.2) is 4.79 Å². The SMILES string of the molecule is COC(=O)c1ccccc1CCC(Cl)Cl. The molecule has 0 aliphatic rings. The summed E-state index contributed by atoms with van der Waals surface area (Å²) in [5.74, 6) is -0.328. The van der Waals surface area contributed by atoms with E-state index in [9.17, 15) is 4.79 Å². The summed E-state index contributed by atoms with van der Waals surface area (Å²) in [4.78, 5) is 11.0. The van der Waals surface area contributed by atoms with Gasteiger partial charge in [-0.15, -0.1) is 23.2 Å². The maximum Gasteiger partial charge on any atom is 0.338 e. The molecular formula is C11H12Cl2O2. The van der Waals surface area contributed by atoms with Crippen LogP contribution in [0.25, 0.3) is 0 Å². The number of methoxy groups -OCH3 is 1. The van der Waals surface area contributed by atoms with E-state index in [1.54, 1.807) is 12.1 Å². The van der Waals surface area contributed by atoms with E-state index < -0.39 is 4.84 Å². The molecule has 15 heavy (non-hydrogen) atoms. The second-order valence-corrected chi connectivity index (χ2v) is 4.36. The van der Waals surface area contributed by atoms with Crippen LogP contribution in [0.3, 0.4) is 0 Å². The summed E-state index contributed by atoms with van der Waals surface area (Å²) in [6, 6.07) is 7.29. The van der Waals surface area contributed by atoms with Gasteiger partial charge in [-0.2, -0.15) is 0 Å². The summed E-state index contributed by atoms with van der Waals surface area (Å²) < 4.78 is 4.68. The quantitative estimate of drug-likeness (QED) is 0.603. The van der Waals surface area contributed by atoms with Crippen molar-refractivity contribution in [3.63, 3.8) is 0 Å². The number of aryl methyl sites for hydroxylation is 1. The second-order valence-electron chi connectivity index (χ2n) is 3.08. The third-order valence-corrected chi connectivity index (χ3v) is 2.49. The van der Waals surface area contributed by atoms with Crippen LogP contribution < -0.4 is 0 Å². The zero-order valence-electron chi connectivity index (χ0n) is 8.37. The average molecular weight is 247 g/mol. The van der Waals surface area contributed by atoms with Gasteiger partial charge in [0.2, 0.25) is 0 Å². The molecule has 0 saturated heterocycles. The van der Waals surface area contributed by atoms with Crippen molar-refractivity contribution < 1.29 is 9.53 Å². The summed E-state index contributed by atoms with van der Waals surface area (Å²) in [5.41, 5.74) is 1.49. The Labute approximate surface area is 99.1 Å². The minimum atomic E-state index is -0.407. The highest BCUT2D eigenvalue weighted by atomic mass is 35.5. The number of carbonyl (C=O) groups excluding carboxylic acids is 1. The molecule has 0 N–H and O–H groups in total. The van der Waals surface area contributed by atoms with Crippen molar-refractivity contribution in [2.24, 2.45) is 0 Å². The van der Waals surface area contributed by atoms with Crippen molar-refractivity contribution in [2.75, 3.05) is 7.11 Å². The summed E-state index contributed by atoms with van der Waals surface area (Å²) in [5, 5.41) is 0. The van der Waals surface area contributed by atoms with Crippen LogP contribution in [-0.4, -0.2) is 17.9 Å². The lowest BCUT2D eigenvalue weighted by molar-refractivity contribution is 0.0599. The predicted octanol–water partition coefficient (Wildman–Crippen LogP) is 3.21. The molecule has 0 amide bonds. The van der Waals surface area contributed by atoms with Crippen molar-refractivity contribution >= 4 is 29.2 Å². The first-order valence-corrected chi connectivity index (χ1v) is 5.46. The molecule has 0 aliphatic heterocycles.